The van der Waals surface area contributed by atoms with Crippen LogP contribution in [0, 0.1) is 11.6 Å². The van der Waals surface area contributed by atoms with Crippen molar-refractivity contribution in [2.75, 3.05) is 0 Å². The van der Waals surface area contributed by atoms with Gasteiger partial charge in [0, 0.05) is 11.9 Å². The number of hydrogen-bond donors (Lipinski definition) is 1. The van der Waals surface area contributed by atoms with E-state index in [1.165, 1.54) is 0 Å². The van der Waals surface area contributed by atoms with Crippen LogP contribution in [0.25, 0.3) is 11.5 Å². The summed E-state index contributed by atoms with van der Waals surface area (Å²) in [6.45, 7) is 1.95. The van der Waals surface area contributed by atoms with Gasteiger partial charge in [-0.2, -0.15) is 0 Å². The van der Waals surface area contributed by atoms with E-state index in [2.05, 4.69) is 15.0 Å². The van der Waals surface area contributed by atoms with Crippen LogP contribution >= 0.6 is 12.2 Å². The summed E-state index contributed by atoms with van der Waals surface area (Å²) < 4.78 is 0.665. The molecule has 3 nitrogen and oxygen atoms in total. The Morgan fingerprint density at radius 2 is 2.14 bits per heavy atom. The van der Waals surface area contributed by atoms with Crippen LogP contribution in [0.1, 0.15) is 5.69 Å². The molecule has 4 heteroatoms. The molecule has 0 aromatic carbocycles. The van der Waals surface area contributed by atoms with Gasteiger partial charge in [0.1, 0.15) is 10.3 Å². The molecule has 2 aromatic rings. The molecule has 0 aliphatic rings. The molecule has 0 spiro atoms. The van der Waals surface area contributed by atoms with E-state index in [0.717, 1.165) is 11.4 Å². The Hall–Kier alpha value is -1.55. The van der Waals surface area contributed by atoms with Crippen LogP contribution in [0.4, 0.5) is 0 Å². The van der Waals surface area contributed by atoms with Gasteiger partial charge in [-0.15, -0.1) is 0 Å². The largest absolute Gasteiger partial charge is 0.329 e. The average Bonchev–Trinajstić information content (AvgIpc) is 2.18. The summed E-state index contributed by atoms with van der Waals surface area (Å²) in [5.41, 5.74) is 1.78. The zero-order chi connectivity index (χ0) is 9.97. The van der Waals surface area contributed by atoms with Gasteiger partial charge in [-0.3, -0.25) is 0 Å². The summed E-state index contributed by atoms with van der Waals surface area (Å²) >= 11 is 5.01. The molecule has 70 valence electrons. The fourth-order valence-corrected chi connectivity index (χ4v) is 1.33. The maximum Gasteiger partial charge on any atom is 0.156 e. The standard InChI is InChI=1S/C10H9N3S/c1-7-3-2-4-8(12-7)10-11-6-5-9(14)13-10/h2-6H,1H3,(H,11,13,14). The molecule has 0 radical (unpaired) electrons. The minimum atomic E-state index is 0.665. The summed E-state index contributed by atoms with van der Waals surface area (Å²) in [4.78, 5) is 11.5. The lowest BCUT2D eigenvalue weighted by Gasteiger charge is -2.00. The Labute approximate surface area is 86.9 Å². The third kappa shape index (κ3) is 1.85. The van der Waals surface area contributed by atoms with E-state index >= 15 is 0 Å². The summed E-state index contributed by atoms with van der Waals surface area (Å²) in [5, 5.41) is 0. The van der Waals surface area contributed by atoms with Crippen LogP contribution < -0.4 is 0 Å². The Bertz CT molecular complexity index is 504. The first kappa shape index (κ1) is 9.02. The zero-order valence-electron chi connectivity index (χ0n) is 7.69. The number of nitrogens with one attached hydrogen (secondary N) is 1. The van der Waals surface area contributed by atoms with Gasteiger partial charge in [0.15, 0.2) is 5.82 Å². The molecular formula is C10H9N3S. The van der Waals surface area contributed by atoms with E-state index in [-0.39, 0.29) is 0 Å². The van der Waals surface area contributed by atoms with Crippen molar-refractivity contribution in [1.29, 1.82) is 0 Å². The number of aryl methyl sites for hydroxylation is 1. The fourth-order valence-electron chi connectivity index (χ4n) is 1.18. The van der Waals surface area contributed by atoms with Gasteiger partial charge in [-0.25, -0.2) is 9.97 Å². The number of aromatic amines is 1. The first-order valence-corrected chi connectivity index (χ1v) is 4.66. The summed E-state index contributed by atoms with van der Waals surface area (Å²) in [7, 11) is 0. The predicted octanol–water partition coefficient (Wildman–Crippen LogP) is 2.51. The van der Waals surface area contributed by atoms with Crippen LogP contribution in [-0.2, 0) is 0 Å². The van der Waals surface area contributed by atoms with Crippen molar-refractivity contribution in [2.45, 2.75) is 6.92 Å². The topological polar surface area (TPSA) is 41.6 Å². The van der Waals surface area contributed by atoms with Gasteiger partial charge in [0.2, 0.25) is 0 Å². The maximum atomic E-state index is 5.01. The van der Waals surface area contributed by atoms with Crippen molar-refractivity contribution in [3.8, 4) is 11.5 Å². The van der Waals surface area contributed by atoms with Crippen LogP contribution in [0.2, 0.25) is 0 Å². The van der Waals surface area contributed by atoms with Crippen molar-refractivity contribution >= 4 is 12.2 Å². The number of rotatable bonds is 1. The predicted molar refractivity (Wildman–Crippen MR) is 57.4 cm³/mol. The van der Waals surface area contributed by atoms with Crippen LogP contribution in [0.3, 0.4) is 0 Å². The van der Waals surface area contributed by atoms with Crippen molar-refractivity contribution in [1.82, 2.24) is 15.0 Å². The van der Waals surface area contributed by atoms with Gasteiger partial charge in [0.25, 0.3) is 0 Å². The summed E-state index contributed by atoms with van der Waals surface area (Å²) in [6, 6.07) is 7.54. The molecule has 0 unspecified atom stereocenters. The maximum absolute atomic E-state index is 5.01. The minimum absolute atomic E-state index is 0.665. The molecule has 0 saturated carbocycles. The van der Waals surface area contributed by atoms with Gasteiger partial charge in [0.05, 0.1) is 0 Å². The van der Waals surface area contributed by atoms with E-state index in [0.29, 0.717) is 10.5 Å². The van der Waals surface area contributed by atoms with Gasteiger partial charge >= 0.3 is 0 Å². The average molecular weight is 203 g/mol. The highest BCUT2D eigenvalue weighted by atomic mass is 32.1. The first-order valence-electron chi connectivity index (χ1n) is 4.25. The van der Waals surface area contributed by atoms with E-state index in [1.54, 1.807) is 12.3 Å². The molecule has 2 rings (SSSR count). The Morgan fingerprint density at radius 3 is 2.86 bits per heavy atom. The Morgan fingerprint density at radius 1 is 1.29 bits per heavy atom. The SMILES string of the molecule is Cc1cccc(-c2nccc(=S)[nH]2)n1. The van der Waals surface area contributed by atoms with E-state index in [1.807, 2.05) is 25.1 Å². The van der Waals surface area contributed by atoms with E-state index in [4.69, 9.17) is 12.2 Å². The quantitative estimate of drug-likeness (QED) is 0.724. The van der Waals surface area contributed by atoms with Crippen LogP contribution in [0.15, 0.2) is 30.5 Å². The van der Waals surface area contributed by atoms with Gasteiger partial charge < -0.3 is 4.98 Å². The third-order valence-electron chi connectivity index (χ3n) is 1.80. The van der Waals surface area contributed by atoms with Crippen LogP contribution in [0.5, 0.6) is 0 Å². The molecule has 14 heavy (non-hydrogen) atoms. The molecule has 0 bridgehead atoms. The van der Waals surface area contributed by atoms with E-state index in [9.17, 15) is 0 Å². The second kappa shape index (κ2) is 3.67. The molecule has 1 N–H and O–H groups in total. The molecule has 0 saturated heterocycles. The monoisotopic (exact) mass is 203 g/mol. The molecule has 0 aliphatic carbocycles. The molecule has 0 atom stereocenters. The molecule has 0 amide bonds. The number of nitrogens with zero attached hydrogens (tertiary/aromatic N) is 2. The minimum Gasteiger partial charge on any atom is -0.329 e. The third-order valence-corrected chi connectivity index (χ3v) is 2.04. The van der Waals surface area contributed by atoms with Crippen molar-refractivity contribution < 1.29 is 0 Å². The highest BCUT2D eigenvalue weighted by Gasteiger charge is 1.99. The van der Waals surface area contributed by atoms with Gasteiger partial charge in [-0.1, -0.05) is 18.3 Å². The van der Waals surface area contributed by atoms with Crippen molar-refractivity contribution in [2.24, 2.45) is 0 Å². The number of pyridine rings is 1. The first-order chi connectivity index (χ1) is 6.75. The van der Waals surface area contributed by atoms with E-state index < -0.39 is 0 Å². The van der Waals surface area contributed by atoms with Gasteiger partial charge in [-0.05, 0) is 25.1 Å². The molecule has 0 fully saturated rings. The fraction of sp³-hybridized carbons (Fsp3) is 0.100. The molecule has 2 aromatic heterocycles. The van der Waals surface area contributed by atoms with Crippen molar-refractivity contribution in [3.63, 3.8) is 0 Å². The highest BCUT2D eigenvalue weighted by molar-refractivity contribution is 7.71. The zero-order valence-corrected chi connectivity index (χ0v) is 8.51. The number of aromatic nitrogens is 3. The smallest absolute Gasteiger partial charge is 0.156 e. The highest BCUT2D eigenvalue weighted by Crippen LogP contribution is 2.10. The van der Waals surface area contributed by atoms with Crippen molar-refractivity contribution in [3.05, 3.63) is 40.8 Å². The number of hydrogen-bond acceptors (Lipinski definition) is 3. The molecule has 0 aliphatic heterocycles. The molecular weight excluding hydrogens is 194 g/mol. The number of H-pyrrole nitrogens is 1. The summed E-state index contributed by atoms with van der Waals surface area (Å²) in [5.74, 6) is 0.709. The summed E-state index contributed by atoms with van der Waals surface area (Å²) in [6.07, 6.45) is 1.68. The lowest BCUT2D eigenvalue weighted by molar-refractivity contribution is 1.10. The Balaban J connectivity index is 2.55. The lowest BCUT2D eigenvalue weighted by Crippen LogP contribution is -1.92. The molecule has 2 heterocycles. The Kier molecular flexibility index (Phi) is 2.37. The second-order valence-electron chi connectivity index (χ2n) is 2.95. The van der Waals surface area contributed by atoms with Crippen LogP contribution in [-0.4, -0.2) is 15.0 Å². The normalized spacial score (nSPS) is 10.1. The lowest BCUT2D eigenvalue weighted by atomic mass is 10.3. The second-order valence-corrected chi connectivity index (χ2v) is 3.39.